The second kappa shape index (κ2) is 14.6. The predicted molar refractivity (Wildman–Crippen MR) is 166 cm³/mol. The standard InChI is InChI=1S/C32H43Cl2N3O4/c1-22(2)20-23(3)32(39)41-24(4)37-29-21-26(12-10-25(29)11-13-30(37)38)40-19-6-5-14-35-15-17-36(18-16-35)28-9-7-8-27(33)31(28)34/h7-10,12,21-24H,5-6,11,13-20H2,1-4H3. The summed E-state index contributed by atoms with van der Waals surface area (Å²) in [6.45, 7) is 13.2. The van der Waals surface area contributed by atoms with Crippen LogP contribution in [0.3, 0.4) is 0 Å². The molecule has 0 radical (unpaired) electrons. The van der Waals surface area contributed by atoms with Gasteiger partial charge in [0, 0.05) is 38.7 Å². The van der Waals surface area contributed by atoms with Crippen molar-refractivity contribution in [1.29, 1.82) is 0 Å². The molecule has 0 bridgehead atoms. The van der Waals surface area contributed by atoms with Crippen molar-refractivity contribution >= 4 is 46.5 Å². The fourth-order valence-electron chi connectivity index (χ4n) is 5.68. The summed E-state index contributed by atoms with van der Waals surface area (Å²) in [5, 5.41) is 1.22. The van der Waals surface area contributed by atoms with Gasteiger partial charge in [0.1, 0.15) is 5.75 Å². The monoisotopic (exact) mass is 603 g/mol. The smallest absolute Gasteiger partial charge is 0.310 e. The lowest BCUT2D eigenvalue weighted by Crippen LogP contribution is -2.46. The fourth-order valence-corrected chi connectivity index (χ4v) is 6.10. The Morgan fingerprint density at radius 2 is 1.71 bits per heavy atom. The quantitative estimate of drug-likeness (QED) is 0.196. The zero-order valence-corrected chi connectivity index (χ0v) is 26.2. The number of rotatable bonds is 12. The first-order valence-corrected chi connectivity index (χ1v) is 15.6. The predicted octanol–water partition coefficient (Wildman–Crippen LogP) is 6.83. The van der Waals surface area contributed by atoms with E-state index in [0.29, 0.717) is 35.4 Å². The third kappa shape index (κ3) is 8.30. The van der Waals surface area contributed by atoms with E-state index in [9.17, 15) is 9.59 Å². The molecule has 2 aromatic rings. The van der Waals surface area contributed by atoms with Crippen LogP contribution in [0.15, 0.2) is 36.4 Å². The Balaban J connectivity index is 1.24. The van der Waals surface area contributed by atoms with Crippen molar-refractivity contribution in [1.82, 2.24) is 4.90 Å². The number of hydrogen-bond donors (Lipinski definition) is 0. The molecule has 41 heavy (non-hydrogen) atoms. The number of carbonyl (C=O) groups excluding carboxylic acids is 2. The first kappa shape index (κ1) is 31.5. The van der Waals surface area contributed by atoms with E-state index < -0.39 is 6.23 Å². The zero-order valence-electron chi connectivity index (χ0n) is 24.7. The molecule has 2 aromatic carbocycles. The molecule has 2 heterocycles. The summed E-state index contributed by atoms with van der Waals surface area (Å²) >= 11 is 12.6. The van der Waals surface area contributed by atoms with Gasteiger partial charge in [0.15, 0.2) is 6.23 Å². The Hall–Kier alpha value is -2.48. The average molecular weight is 605 g/mol. The molecule has 224 valence electrons. The minimum absolute atomic E-state index is 0.0378. The molecule has 2 aliphatic heterocycles. The van der Waals surface area contributed by atoms with Gasteiger partial charge in [-0.25, -0.2) is 0 Å². The van der Waals surface area contributed by atoms with E-state index >= 15 is 0 Å². The highest BCUT2D eigenvalue weighted by Gasteiger charge is 2.31. The molecule has 9 heteroatoms. The van der Waals surface area contributed by atoms with Crippen LogP contribution in [0.5, 0.6) is 5.75 Å². The summed E-state index contributed by atoms with van der Waals surface area (Å²) in [4.78, 5) is 31.9. The molecular formula is C32H43Cl2N3O4. The molecule has 1 amide bonds. The second-order valence-corrected chi connectivity index (χ2v) is 12.4. The molecule has 0 aliphatic carbocycles. The van der Waals surface area contributed by atoms with Crippen LogP contribution in [0.2, 0.25) is 10.0 Å². The lowest BCUT2D eigenvalue weighted by atomic mass is 9.99. The minimum Gasteiger partial charge on any atom is -0.494 e. The number of fused-ring (bicyclic) bond motifs is 1. The van der Waals surface area contributed by atoms with Crippen molar-refractivity contribution in [2.45, 2.75) is 66.0 Å². The van der Waals surface area contributed by atoms with Crippen LogP contribution < -0.4 is 14.5 Å². The lowest BCUT2D eigenvalue weighted by molar-refractivity contribution is -0.153. The van der Waals surface area contributed by atoms with Gasteiger partial charge in [-0.2, -0.15) is 0 Å². The number of carbonyl (C=O) groups is 2. The third-order valence-corrected chi connectivity index (χ3v) is 8.66. The molecule has 1 fully saturated rings. The van der Waals surface area contributed by atoms with Gasteiger partial charge in [0.05, 0.1) is 33.9 Å². The Morgan fingerprint density at radius 1 is 0.951 bits per heavy atom. The first-order valence-electron chi connectivity index (χ1n) is 14.8. The molecule has 1 saturated heterocycles. The first-order chi connectivity index (χ1) is 19.6. The summed E-state index contributed by atoms with van der Waals surface area (Å²) in [5.41, 5.74) is 2.84. The molecular weight excluding hydrogens is 561 g/mol. The Bertz CT molecular complexity index is 1200. The SMILES string of the molecule is CC(C)CC(C)C(=O)OC(C)N1C(=O)CCc2ccc(OCCCCN3CCN(c4cccc(Cl)c4Cl)CC3)cc21. The number of piperazine rings is 1. The van der Waals surface area contributed by atoms with Crippen LogP contribution in [0, 0.1) is 11.8 Å². The van der Waals surface area contributed by atoms with Crippen LogP contribution >= 0.6 is 23.2 Å². The lowest BCUT2D eigenvalue weighted by Gasteiger charge is -2.36. The van der Waals surface area contributed by atoms with Gasteiger partial charge in [-0.1, -0.05) is 56.1 Å². The molecule has 0 spiro atoms. The molecule has 0 saturated carbocycles. The van der Waals surface area contributed by atoms with Crippen molar-refractivity contribution in [3.05, 3.63) is 52.0 Å². The number of nitrogens with zero attached hydrogens (tertiary/aromatic N) is 3. The highest BCUT2D eigenvalue weighted by Crippen LogP contribution is 2.34. The molecule has 0 aromatic heterocycles. The molecule has 0 N–H and O–H groups in total. The van der Waals surface area contributed by atoms with Crippen LogP contribution in [0.25, 0.3) is 0 Å². The maximum absolute atomic E-state index is 12.9. The summed E-state index contributed by atoms with van der Waals surface area (Å²) in [7, 11) is 0. The zero-order chi connectivity index (χ0) is 29.5. The van der Waals surface area contributed by atoms with Crippen LogP contribution in [0.4, 0.5) is 11.4 Å². The number of amides is 1. The summed E-state index contributed by atoms with van der Waals surface area (Å²) in [6.07, 6.45) is 3.12. The van der Waals surface area contributed by atoms with Gasteiger partial charge in [0.25, 0.3) is 0 Å². The van der Waals surface area contributed by atoms with E-state index in [1.807, 2.05) is 43.3 Å². The highest BCUT2D eigenvalue weighted by molar-refractivity contribution is 6.43. The van der Waals surface area contributed by atoms with Crippen molar-refractivity contribution < 1.29 is 19.1 Å². The molecule has 7 nitrogen and oxygen atoms in total. The maximum Gasteiger partial charge on any atom is 0.310 e. The maximum atomic E-state index is 12.9. The van der Waals surface area contributed by atoms with Crippen LogP contribution in [-0.4, -0.2) is 62.3 Å². The summed E-state index contributed by atoms with van der Waals surface area (Å²) < 4.78 is 11.8. The van der Waals surface area contributed by atoms with Gasteiger partial charge in [0.2, 0.25) is 5.91 Å². The Morgan fingerprint density at radius 3 is 2.44 bits per heavy atom. The number of benzene rings is 2. The van der Waals surface area contributed by atoms with E-state index in [0.717, 1.165) is 74.7 Å². The number of aryl methyl sites for hydroxylation is 1. The fraction of sp³-hybridized carbons (Fsp3) is 0.562. The molecule has 2 aliphatic rings. The van der Waals surface area contributed by atoms with Gasteiger partial charge in [-0.3, -0.25) is 19.4 Å². The van der Waals surface area contributed by atoms with Crippen molar-refractivity contribution in [3.63, 3.8) is 0 Å². The van der Waals surface area contributed by atoms with E-state index in [1.54, 1.807) is 11.8 Å². The van der Waals surface area contributed by atoms with Gasteiger partial charge < -0.3 is 14.4 Å². The van der Waals surface area contributed by atoms with Crippen molar-refractivity contribution in [3.8, 4) is 5.75 Å². The van der Waals surface area contributed by atoms with Gasteiger partial charge >= 0.3 is 5.97 Å². The highest BCUT2D eigenvalue weighted by atomic mass is 35.5. The van der Waals surface area contributed by atoms with E-state index in [4.69, 9.17) is 32.7 Å². The van der Waals surface area contributed by atoms with Crippen LogP contribution in [0.1, 0.15) is 58.9 Å². The van der Waals surface area contributed by atoms with Gasteiger partial charge in [-0.05, 0) is 68.8 Å². The van der Waals surface area contributed by atoms with Crippen molar-refractivity contribution in [2.24, 2.45) is 11.8 Å². The molecule has 2 unspecified atom stereocenters. The third-order valence-electron chi connectivity index (χ3n) is 7.85. The Kier molecular flexibility index (Phi) is 11.2. The average Bonchev–Trinajstić information content (AvgIpc) is 2.94. The largest absolute Gasteiger partial charge is 0.494 e. The number of ether oxygens (including phenoxy) is 2. The summed E-state index contributed by atoms with van der Waals surface area (Å²) in [6, 6.07) is 11.7. The van der Waals surface area contributed by atoms with Gasteiger partial charge in [-0.15, -0.1) is 0 Å². The number of anilines is 2. The number of unbranched alkanes of at least 4 members (excludes halogenated alkanes) is 1. The molecule has 4 rings (SSSR count). The minimum atomic E-state index is -0.672. The number of esters is 1. The Labute approximate surface area is 254 Å². The van der Waals surface area contributed by atoms with Crippen molar-refractivity contribution in [2.75, 3.05) is 49.1 Å². The normalized spacial score (nSPS) is 17.4. The van der Waals surface area contributed by atoms with E-state index in [-0.39, 0.29) is 17.8 Å². The summed E-state index contributed by atoms with van der Waals surface area (Å²) in [5.74, 6) is 0.603. The van der Waals surface area contributed by atoms with E-state index in [2.05, 4.69) is 23.6 Å². The molecule has 2 atom stereocenters. The van der Waals surface area contributed by atoms with Crippen LogP contribution in [-0.2, 0) is 20.7 Å². The topological polar surface area (TPSA) is 62.3 Å². The number of hydrogen-bond acceptors (Lipinski definition) is 6. The number of halogens is 2. The second-order valence-electron chi connectivity index (χ2n) is 11.6. The van der Waals surface area contributed by atoms with E-state index in [1.165, 1.54) is 0 Å².